The van der Waals surface area contributed by atoms with Crippen LogP contribution in [0.5, 0.6) is 0 Å². The molecule has 0 aliphatic carbocycles. The average molecular weight is 403 g/mol. The molecule has 27 heavy (non-hydrogen) atoms. The van der Waals surface area contributed by atoms with Crippen molar-refractivity contribution in [3.05, 3.63) is 40.3 Å². The molecule has 0 bridgehead atoms. The van der Waals surface area contributed by atoms with Crippen LogP contribution < -0.4 is 10.6 Å². The molecule has 1 aliphatic rings. The zero-order chi connectivity index (χ0) is 19.6. The largest absolute Gasteiger partial charge is 0.324 e. The molecule has 1 aromatic carbocycles. The summed E-state index contributed by atoms with van der Waals surface area (Å²) >= 11 is 2.82. The number of aryl methyl sites for hydroxylation is 1. The van der Waals surface area contributed by atoms with Gasteiger partial charge in [0.15, 0.2) is 5.78 Å². The summed E-state index contributed by atoms with van der Waals surface area (Å²) in [7, 11) is 0. The van der Waals surface area contributed by atoms with E-state index in [2.05, 4.69) is 10.6 Å². The molecule has 3 rings (SSSR count). The number of hydrogen-bond acceptors (Lipinski definition) is 5. The molecular weight excluding hydrogens is 380 g/mol. The number of amides is 2. The fraction of sp³-hybridized carbons (Fsp3) is 0.350. The van der Waals surface area contributed by atoms with E-state index in [-0.39, 0.29) is 24.0 Å². The molecule has 2 N–H and O–H groups in total. The van der Waals surface area contributed by atoms with Crippen molar-refractivity contribution < 1.29 is 14.4 Å². The predicted molar refractivity (Wildman–Crippen MR) is 111 cm³/mol. The quantitative estimate of drug-likeness (QED) is 0.690. The summed E-state index contributed by atoms with van der Waals surface area (Å²) < 4.78 is 0. The zero-order valence-corrected chi connectivity index (χ0v) is 17.2. The highest BCUT2D eigenvalue weighted by molar-refractivity contribution is 8.01. The van der Waals surface area contributed by atoms with Gasteiger partial charge in [0.25, 0.3) is 0 Å². The molecule has 7 heteroatoms. The van der Waals surface area contributed by atoms with Gasteiger partial charge in [-0.05, 0) is 31.0 Å². The van der Waals surface area contributed by atoms with Gasteiger partial charge in [-0.3, -0.25) is 14.4 Å². The Morgan fingerprint density at radius 2 is 1.96 bits per heavy atom. The first-order chi connectivity index (χ1) is 12.9. The third kappa shape index (κ3) is 4.09. The first-order valence-corrected chi connectivity index (χ1v) is 10.7. The van der Waals surface area contributed by atoms with Gasteiger partial charge in [0.05, 0.1) is 16.5 Å². The Balaban J connectivity index is 1.75. The lowest BCUT2D eigenvalue weighted by Crippen LogP contribution is -2.32. The lowest BCUT2D eigenvalue weighted by molar-refractivity contribution is -0.120. The van der Waals surface area contributed by atoms with E-state index in [9.17, 15) is 14.4 Å². The third-order valence-electron chi connectivity index (χ3n) is 4.49. The normalized spacial score (nSPS) is 15.8. The molecule has 0 saturated carbocycles. The topological polar surface area (TPSA) is 75.3 Å². The molecule has 2 amide bonds. The number of nitrogens with one attached hydrogen (secondary N) is 2. The summed E-state index contributed by atoms with van der Waals surface area (Å²) in [6.07, 6.45) is 1.20. The maximum atomic E-state index is 12.6. The second kappa shape index (κ2) is 8.27. The summed E-state index contributed by atoms with van der Waals surface area (Å²) in [4.78, 5) is 39.3. The Morgan fingerprint density at radius 1 is 1.22 bits per heavy atom. The molecular formula is C20H22N2O3S2. The van der Waals surface area contributed by atoms with Crippen molar-refractivity contribution in [3.63, 3.8) is 0 Å². The Hall–Kier alpha value is -2.12. The molecule has 0 saturated heterocycles. The van der Waals surface area contributed by atoms with E-state index in [4.69, 9.17) is 0 Å². The van der Waals surface area contributed by atoms with Gasteiger partial charge in [0, 0.05) is 22.6 Å². The fourth-order valence-corrected chi connectivity index (χ4v) is 5.43. The number of benzene rings is 1. The van der Waals surface area contributed by atoms with E-state index in [1.807, 2.05) is 45.0 Å². The molecule has 0 spiro atoms. The number of carbonyl (C=O) groups is 3. The predicted octanol–water partition coefficient (Wildman–Crippen LogP) is 4.65. The monoisotopic (exact) mass is 402 g/mol. The number of hydrogen-bond donors (Lipinski definition) is 2. The van der Waals surface area contributed by atoms with Crippen molar-refractivity contribution in [2.75, 3.05) is 10.6 Å². The van der Waals surface area contributed by atoms with Crippen LogP contribution in [0.15, 0.2) is 29.2 Å². The van der Waals surface area contributed by atoms with Crippen LogP contribution in [0.4, 0.5) is 10.7 Å². The highest BCUT2D eigenvalue weighted by Crippen LogP contribution is 2.38. The number of Topliss-reactive ketones (excluding diaryl/α,β-unsaturated/α-hetero) is 1. The van der Waals surface area contributed by atoms with Crippen LogP contribution in [0.2, 0.25) is 0 Å². The van der Waals surface area contributed by atoms with Crippen molar-refractivity contribution in [1.29, 1.82) is 0 Å². The van der Waals surface area contributed by atoms with Crippen molar-refractivity contribution in [2.45, 2.75) is 50.2 Å². The Labute approximate surface area is 166 Å². The first kappa shape index (κ1) is 19.6. The maximum absolute atomic E-state index is 12.6. The summed E-state index contributed by atoms with van der Waals surface area (Å²) in [6.45, 7) is 5.79. The van der Waals surface area contributed by atoms with Gasteiger partial charge in [-0.25, -0.2) is 0 Å². The number of anilines is 2. The summed E-state index contributed by atoms with van der Waals surface area (Å²) in [6, 6.07) is 7.55. The van der Waals surface area contributed by atoms with Gasteiger partial charge in [-0.15, -0.1) is 23.1 Å². The molecule has 1 aliphatic heterocycles. The minimum Gasteiger partial charge on any atom is -0.324 e. The van der Waals surface area contributed by atoms with Crippen LogP contribution >= 0.6 is 23.1 Å². The van der Waals surface area contributed by atoms with Gasteiger partial charge in [-0.1, -0.05) is 26.0 Å². The third-order valence-corrected chi connectivity index (χ3v) is 6.83. The van der Waals surface area contributed by atoms with Crippen molar-refractivity contribution in [3.8, 4) is 0 Å². The lowest BCUT2D eigenvalue weighted by atomic mass is 10.0. The molecule has 0 fully saturated rings. The van der Waals surface area contributed by atoms with E-state index in [1.54, 1.807) is 0 Å². The van der Waals surface area contributed by atoms with Gasteiger partial charge in [-0.2, -0.15) is 0 Å². The Bertz CT molecular complexity index is 905. The van der Waals surface area contributed by atoms with Crippen LogP contribution in [-0.2, 0) is 16.0 Å². The van der Waals surface area contributed by atoms with Gasteiger partial charge < -0.3 is 10.6 Å². The summed E-state index contributed by atoms with van der Waals surface area (Å²) in [5.74, 6) is -0.392. The van der Waals surface area contributed by atoms with Crippen molar-refractivity contribution in [1.82, 2.24) is 0 Å². The second-order valence-electron chi connectivity index (χ2n) is 6.32. The van der Waals surface area contributed by atoms with E-state index in [0.717, 1.165) is 27.4 Å². The molecule has 1 aromatic heterocycles. The van der Waals surface area contributed by atoms with Crippen LogP contribution in [0, 0.1) is 6.92 Å². The molecule has 142 valence electrons. The van der Waals surface area contributed by atoms with Crippen LogP contribution in [0.3, 0.4) is 0 Å². The summed E-state index contributed by atoms with van der Waals surface area (Å²) in [5.41, 5.74) is 2.41. The number of ketones is 1. The number of para-hydroxylation sites is 1. The number of carbonyl (C=O) groups excluding carboxylic acids is 3. The standard InChI is InChI=1S/C20H22N2O3S2/c1-4-12-11(3)26-20(18(12)14(23)5-2)22-17(24)10-16-19(25)21-13-8-6-7-9-15(13)27-16/h6-9,16H,4-5,10H2,1-3H3,(H,21,25)(H,22,24). The fourth-order valence-electron chi connectivity index (χ4n) is 3.14. The van der Waals surface area contributed by atoms with Crippen LogP contribution in [0.1, 0.15) is 47.5 Å². The lowest BCUT2D eigenvalue weighted by Gasteiger charge is -2.23. The van der Waals surface area contributed by atoms with E-state index >= 15 is 0 Å². The van der Waals surface area contributed by atoms with E-state index < -0.39 is 5.25 Å². The minimum absolute atomic E-state index is 0.0326. The Morgan fingerprint density at radius 3 is 2.67 bits per heavy atom. The SMILES string of the molecule is CCC(=O)c1c(NC(=O)CC2Sc3ccccc3NC2=O)sc(C)c1CC. The number of rotatable bonds is 6. The Kier molecular flexibility index (Phi) is 6.01. The van der Waals surface area contributed by atoms with Gasteiger partial charge >= 0.3 is 0 Å². The molecule has 0 radical (unpaired) electrons. The van der Waals surface area contributed by atoms with Crippen molar-refractivity contribution >= 4 is 51.4 Å². The molecule has 1 unspecified atom stereocenters. The highest BCUT2D eigenvalue weighted by atomic mass is 32.2. The maximum Gasteiger partial charge on any atom is 0.238 e. The highest BCUT2D eigenvalue weighted by Gasteiger charge is 2.29. The number of thioether (sulfide) groups is 1. The van der Waals surface area contributed by atoms with Gasteiger partial charge in [0.1, 0.15) is 5.00 Å². The first-order valence-electron chi connectivity index (χ1n) is 8.96. The molecule has 2 aromatic rings. The zero-order valence-electron chi connectivity index (χ0n) is 15.5. The van der Waals surface area contributed by atoms with Crippen LogP contribution in [-0.4, -0.2) is 22.8 Å². The second-order valence-corrected chi connectivity index (χ2v) is 8.78. The average Bonchev–Trinajstić information content (AvgIpc) is 2.96. The molecule has 2 heterocycles. The van der Waals surface area contributed by atoms with Crippen molar-refractivity contribution in [2.24, 2.45) is 0 Å². The minimum atomic E-state index is -0.489. The van der Waals surface area contributed by atoms with E-state index in [0.29, 0.717) is 17.0 Å². The van der Waals surface area contributed by atoms with Crippen LogP contribution in [0.25, 0.3) is 0 Å². The summed E-state index contributed by atoms with van der Waals surface area (Å²) in [5, 5.41) is 5.84. The van der Waals surface area contributed by atoms with Gasteiger partial charge in [0.2, 0.25) is 11.8 Å². The molecule has 5 nitrogen and oxygen atoms in total. The smallest absolute Gasteiger partial charge is 0.238 e. The molecule has 1 atom stereocenters. The van der Waals surface area contributed by atoms with E-state index in [1.165, 1.54) is 23.1 Å². The number of thiophene rings is 1. The number of fused-ring (bicyclic) bond motifs is 1.